The van der Waals surface area contributed by atoms with Crippen LogP contribution in [-0.2, 0) is 0 Å². The van der Waals surface area contributed by atoms with Crippen LogP contribution >= 0.6 is 0 Å². The molecule has 2 aliphatic heterocycles. The number of hydrogen-bond donors (Lipinski definition) is 1. The third-order valence-electron chi connectivity index (χ3n) is 5.38. The molecule has 1 atom stereocenters. The van der Waals surface area contributed by atoms with Crippen LogP contribution in [-0.4, -0.2) is 43.6 Å². The summed E-state index contributed by atoms with van der Waals surface area (Å²) >= 11 is 0. The van der Waals surface area contributed by atoms with Gasteiger partial charge in [0.05, 0.1) is 18.4 Å². The van der Waals surface area contributed by atoms with Crippen LogP contribution in [0.2, 0.25) is 0 Å². The first kappa shape index (κ1) is 17.4. The van der Waals surface area contributed by atoms with Crippen molar-refractivity contribution in [3.63, 3.8) is 0 Å². The smallest absolute Gasteiger partial charge is 0.257 e. The van der Waals surface area contributed by atoms with Crippen molar-refractivity contribution in [2.75, 3.05) is 30.9 Å². The Morgan fingerprint density at radius 2 is 2.04 bits per heavy atom. The van der Waals surface area contributed by atoms with Crippen molar-refractivity contribution >= 4 is 23.2 Å². The van der Waals surface area contributed by atoms with Gasteiger partial charge in [0.25, 0.3) is 11.8 Å². The summed E-state index contributed by atoms with van der Waals surface area (Å²) in [4.78, 5) is 29.6. The van der Waals surface area contributed by atoms with Crippen LogP contribution in [0.5, 0.6) is 5.75 Å². The number of nitrogens with zero attached hydrogens (tertiary/aromatic N) is 2. The number of carbonyl (C=O) groups excluding carboxylic acids is 2. The lowest BCUT2D eigenvalue weighted by atomic mass is 9.97. The molecule has 0 bridgehead atoms. The summed E-state index contributed by atoms with van der Waals surface area (Å²) in [6.45, 7) is 0.797. The molecular formula is C21H23N3O3. The number of ether oxygens (including phenoxy) is 1. The Balaban J connectivity index is 1.61. The highest BCUT2D eigenvalue weighted by Gasteiger charge is 2.37. The number of hydrogen-bond acceptors (Lipinski definition) is 4. The third-order valence-corrected chi connectivity index (χ3v) is 5.38. The number of anilines is 2. The van der Waals surface area contributed by atoms with Gasteiger partial charge in [0.15, 0.2) is 0 Å². The topological polar surface area (TPSA) is 61.9 Å². The van der Waals surface area contributed by atoms with Crippen LogP contribution in [0.4, 0.5) is 11.4 Å². The van der Waals surface area contributed by atoms with Crippen molar-refractivity contribution in [3.05, 3.63) is 53.6 Å². The van der Waals surface area contributed by atoms with Crippen LogP contribution in [0.25, 0.3) is 0 Å². The van der Waals surface area contributed by atoms with E-state index in [1.165, 1.54) is 0 Å². The molecule has 0 aliphatic carbocycles. The van der Waals surface area contributed by atoms with Crippen LogP contribution in [0.15, 0.2) is 42.5 Å². The highest BCUT2D eigenvalue weighted by atomic mass is 16.5. The molecule has 27 heavy (non-hydrogen) atoms. The average molecular weight is 365 g/mol. The molecule has 2 aromatic carbocycles. The van der Waals surface area contributed by atoms with Gasteiger partial charge < -0.3 is 19.9 Å². The van der Waals surface area contributed by atoms with E-state index < -0.39 is 0 Å². The minimum Gasteiger partial charge on any atom is -0.497 e. The van der Waals surface area contributed by atoms with Gasteiger partial charge in [-0.25, -0.2) is 0 Å². The maximum absolute atomic E-state index is 12.8. The largest absolute Gasteiger partial charge is 0.497 e. The summed E-state index contributed by atoms with van der Waals surface area (Å²) in [5.74, 6) is 0.534. The minimum atomic E-state index is -0.210. The number of amides is 2. The van der Waals surface area contributed by atoms with E-state index in [1.807, 2.05) is 36.2 Å². The van der Waals surface area contributed by atoms with E-state index in [4.69, 9.17) is 4.74 Å². The third kappa shape index (κ3) is 3.12. The predicted octanol–water partition coefficient (Wildman–Crippen LogP) is 3.35. The van der Waals surface area contributed by atoms with Crippen molar-refractivity contribution in [1.82, 2.24) is 4.90 Å². The normalized spacial score (nSPS) is 18.6. The second-order valence-corrected chi connectivity index (χ2v) is 7.00. The molecule has 6 heteroatoms. The zero-order valence-electron chi connectivity index (χ0n) is 15.6. The molecule has 0 radical (unpaired) electrons. The maximum atomic E-state index is 12.8. The van der Waals surface area contributed by atoms with E-state index >= 15 is 0 Å². The molecule has 1 fully saturated rings. The molecule has 140 valence electrons. The SMILES string of the molecule is COc1cccc(NC(=O)c2ccc3c(c2)N(C)C2CCCCN2C3=O)c1. The minimum absolute atomic E-state index is 0.0625. The molecule has 0 spiro atoms. The number of nitrogens with one attached hydrogen (secondary N) is 1. The van der Waals surface area contributed by atoms with Gasteiger partial charge in [-0.05, 0) is 49.6 Å². The van der Waals surface area contributed by atoms with E-state index in [-0.39, 0.29) is 18.0 Å². The average Bonchev–Trinajstić information content (AvgIpc) is 2.71. The van der Waals surface area contributed by atoms with Gasteiger partial charge in [0, 0.05) is 30.9 Å². The fourth-order valence-corrected chi connectivity index (χ4v) is 3.92. The van der Waals surface area contributed by atoms with Gasteiger partial charge in [-0.15, -0.1) is 0 Å². The van der Waals surface area contributed by atoms with Crippen LogP contribution < -0.4 is 15.0 Å². The summed E-state index contributed by atoms with van der Waals surface area (Å²) in [6.07, 6.45) is 3.20. The Kier molecular flexibility index (Phi) is 4.48. The number of piperidine rings is 1. The summed E-state index contributed by atoms with van der Waals surface area (Å²) < 4.78 is 5.19. The molecule has 1 saturated heterocycles. The van der Waals surface area contributed by atoms with Crippen molar-refractivity contribution in [1.29, 1.82) is 0 Å². The van der Waals surface area contributed by atoms with Crippen LogP contribution in [0, 0.1) is 0 Å². The van der Waals surface area contributed by atoms with Gasteiger partial charge >= 0.3 is 0 Å². The fraction of sp³-hybridized carbons (Fsp3) is 0.333. The number of fused-ring (bicyclic) bond motifs is 2. The molecule has 2 heterocycles. The van der Waals surface area contributed by atoms with Gasteiger partial charge in [-0.2, -0.15) is 0 Å². The summed E-state index contributed by atoms with van der Waals surface area (Å²) in [6, 6.07) is 12.5. The molecule has 6 nitrogen and oxygen atoms in total. The molecule has 2 amide bonds. The first-order valence-corrected chi connectivity index (χ1v) is 9.22. The Bertz CT molecular complexity index is 896. The van der Waals surface area contributed by atoms with E-state index in [1.54, 1.807) is 25.3 Å². The lowest BCUT2D eigenvalue weighted by Gasteiger charge is -2.46. The molecule has 2 aliphatic rings. The lowest BCUT2D eigenvalue weighted by molar-refractivity contribution is 0.0589. The molecule has 0 saturated carbocycles. The van der Waals surface area contributed by atoms with Crippen molar-refractivity contribution in [2.24, 2.45) is 0 Å². The van der Waals surface area contributed by atoms with Gasteiger partial charge in [-0.1, -0.05) is 6.07 Å². The zero-order chi connectivity index (χ0) is 19.0. The van der Waals surface area contributed by atoms with Crippen LogP contribution in [0.3, 0.4) is 0 Å². The monoisotopic (exact) mass is 365 g/mol. The molecule has 1 N–H and O–H groups in total. The van der Waals surface area contributed by atoms with Gasteiger partial charge in [0.2, 0.25) is 0 Å². The molecule has 2 aromatic rings. The van der Waals surface area contributed by atoms with Crippen molar-refractivity contribution < 1.29 is 14.3 Å². The zero-order valence-corrected chi connectivity index (χ0v) is 15.6. The summed E-state index contributed by atoms with van der Waals surface area (Å²) in [5, 5.41) is 2.89. The maximum Gasteiger partial charge on any atom is 0.257 e. The second-order valence-electron chi connectivity index (χ2n) is 7.00. The molecule has 4 rings (SSSR count). The predicted molar refractivity (Wildman–Crippen MR) is 104 cm³/mol. The van der Waals surface area contributed by atoms with E-state index in [9.17, 15) is 9.59 Å². The molecule has 0 aromatic heterocycles. The Labute approximate surface area is 158 Å². The number of carbonyl (C=O) groups is 2. The summed E-state index contributed by atoms with van der Waals surface area (Å²) in [7, 11) is 3.59. The van der Waals surface area contributed by atoms with Gasteiger partial charge in [0.1, 0.15) is 11.9 Å². The van der Waals surface area contributed by atoms with Gasteiger partial charge in [-0.3, -0.25) is 9.59 Å². The lowest BCUT2D eigenvalue weighted by Crippen LogP contribution is -2.55. The van der Waals surface area contributed by atoms with Crippen LogP contribution in [0.1, 0.15) is 40.0 Å². The first-order chi connectivity index (χ1) is 13.1. The van der Waals surface area contributed by atoms with Crippen molar-refractivity contribution in [3.8, 4) is 5.75 Å². The quantitative estimate of drug-likeness (QED) is 0.906. The first-order valence-electron chi connectivity index (χ1n) is 9.22. The van der Waals surface area contributed by atoms with E-state index in [0.29, 0.717) is 22.6 Å². The fourth-order valence-electron chi connectivity index (χ4n) is 3.92. The number of benzene rings is 2. The summed E-state index contributed by atoms with van der Waals surface area (Å²) in [5.41, 5.74) is 2.68. The highest BCUT2D eigenvalue weighted by Crippen LogP contribution is 2.35. The molecule has 1 unspecified atom stereocenters. The second kappa shape index (κ2) is 6.95. The standard InChI is InChI=1S/C21H23N3O3/c1-23-18-12-14(20(25)22-15-6-5-7-16(13-15)27-2)9-10-17(18)21(26)24-11-4-3-8-19(23)24/h5-7,9-10,12-13,19H,3-4,8,11H2,1-2H3,(H,22,25). The number of methoxy groups -OCH3 is 1. The molecular weight excluding hydrogens is 342 g/mol. The number of rotatable bonds is 3. The van der Waals surface area contributed by atoms with E-state index in [0.717, 1.165) is 31.5 Å². The van der Waals surface area contributed by atoms with E-state index in [2.05, 4.69) is 10.2 Å². The Morgan fingerprint density at radius 1 is 1.19 bits per heavy atom. The highest BCUT2D eigenvalue weighted by molar-refractivity contribution is 6.08. The van der Waals surface area contributed by atoms with Crippen molar-refractivity contribution in [2.45, 2.75) is 25.4 Å². The Hall–Kier alpha value is -3.02. The Morgan fingerprint density at radius 3 is 2.85 bits per heavy atom.